The Bertz CT molecular complexity index is 794. The predicted octanol–water partition coefficient (Wildman–Crippen LogP) is 4.86. The molecule has 2 aromatic rings. The minimum Gasteiger partial charge on any atom is -0.367 e. The number of benzene rings is 1. The number of hydrogen-bond donors (Lipinski definition) is 1. The first-order valence-electron chi connectivity index (χ1n) is 9.95. The standard InChI is InChI=1S/C22H30N4/c1-5-15(2)23-19-12-20(25-21(24-19)16-10-11-16)26-13-17-8-6-7-9-18(17)22(3,4)14-26/h6-9,12,15-16H,5,10-11,13-14H2,1-4H3,(H,23,24,25)/t15-/m0/s1. The van der Waals surface area contributed by atoms with Gasteiger partial charge in [-0.05, 0) is 37.3 Å². The van der Waals surface area contributed by atoms with Crippen molar-refractivity contribution in [2.24, 2.45) is 0 Å². The zero-order valence-corrected chi connectivity index (χ0v) is 16.4. The second kappa shape index (κ2) is 6.57. The molecule has 1 saturated carbocycles. The van der Waals surface area contributed by atoms with Gasteiger partial charge in [0.15, 0.2) is 0 Å². The molecule has 0 radical (unpaired) electrons. The van der Waals surface area contributed by atoms with Crippen molar-refractivity contribution in [3.8, 4) is 0 Å². The molecule has 0 amide bonds. The summed E-state index contributed by atoms with van der Waals surface area (Å²) in [4.78, 5) is 12.2. The first-order chi connectivity index (χ1) is 12.5. The van der Waals surface area contributed by atoms with Gasteiger partial charge in [-0.25, -0.2) is 9.97 Å². The number of nitrogens with one attached hydrogen (secondary N) is 1. The van der Waals surface area contributed by atoms with Gasteiger partial charge in [-0.3, -0.25) is 0 Å². The Balaban J connectivity index is 1.69. The highest BCUT2D eigenvalue weighted by Crippen LogP contribution is 2.40. The van der Waals surface area contributed by atoms with Gasteiger partial charge >= 0.3 is 0 Å². The Hall–Kier alpha value is -2.10. The Kier molecular flexibility index (Phi) is 4.37. The van der Waals surface area contributed by atoms with Crippen LogP contribution in [0.15, 0.2) is 30.3 Å². The molecule has 4 nitrogen and oxygen atoms in total. The van der Waals surface area contributed by atoms with Crippen molar-refractivity contribution >= 4 is 11.6 Å². The van der Waals surface area contributed by atoms with Gasteiger partial charge < -0.3 is 10.2 Å². The Morgan fingerprint density at radius 3 is 2.73 bits per heavy atom. The molecule has 1 aromatic carbocycles. The van der Waals surface area contributed by atoms with Crippen LogP contribution in [0.1, 0.15) is 69.8 Å². The molecule has 26 heavy (non-hydrogen) atoms. The summed E-state index contributed by atoms with van der Waals surface area (Å²) in [6, 6.07) is 11.4. The van der Waals surface area contributed by atoms with Crippen molar-refractivity contribution in [3.63, 3.8) is 0 Å². The van der Waals surface area contributed by atoms with Crippen molar-refractivity contribution in [2.45, 2.75) is 70.9 Å². The fourth-order valence-corrected chi connectivity index (χ4v) is 3.87. The minimum atomic E-state index is 0.115. The van der Waals surface area contributed by atoms with E-state index in [1.54, 1.807) is 0 Å². The Morgan fingerprint density at radius 1 is 1.23 bits per heavy atom. The van der Waals surface area contributed by atoms with Crippen LogP contribution in [0.25, 0.3) is 0 Å². The van der Waals surface area contributed by atoms with E-state index in [2.05, 4.69) is 68.2 Å². The molecule has 4 rings (SSSR count). The van der Waals surface area contributed by atoms with Crippen LogP contribution in [0, 0.1) is 0 Å². The zero-order chi connectivity index (χ0) is 18.3. The van der Waals surface area contributed by atoms with E-state index in [1.807, 2.05) is 0 Å². The lowest BCUT2D eigenvalue weighted by Crippen LogP contribution is -2.42. The Morgan fingerprint density at radius 2 is 2.00 bits per heavy atom. The number of rotatable bonds is 5. The monoisotopic (exact) mass is 350 g/mol. The van der Waals surface area contributed by atoms with E-state index < -0.39 is 0 Å². The van der Waals surface area contributed by atoms with E-state index >= 15 is 0 Å². The summed E-state index contributed by atoms with van der Waals surface area (Å²) in [6.45, 7) is 11.0. The fraction of sp³-hybridized carbons (Fsp3) is 0.545. The van der Waals surface area contributed by atoms with Gasteiger partial charge in [0, 0.05) is 36.5 Å². The van der Waals surface area contributed by atoms with Crippen LogP contribution < -0.4 is 10.2 Å². The summed E-state index contributed by atoms with van der Waals surface area (Å²) in [5.41, 5.74) is 2.99. The normalized spacial score (nSPS) is 19.8. The molecule has 1 aromatic heterocycles. The first kappa shape index (κ1) is 17.3. The summed E-state index contributed by atoms with van der Waals surface area (Å²) in [7, 11) is 0. The summed E-state index contributed by atoms with van der Waals surface area (Å²) in [5.74, 6) is 3.61. The minimum absolute atomic E-state index is 0.115. The molecule has 138 valence electrons. The third-order valence-corrected chi connectivity index (χ3v) is 5.70. The van der Waals surface area contributed by atoms with Crippen LogP contribution in [0.5, 0.6) is 0 Å². The maximum Gasteiger partial charge on any atom is 0.136 e. The molecule has 1 atom stereocenters. The molecule has 2 aliphatic rings. The lowest BCUT2D eigenvalue weighted by atomic mass is 9.78. The highest BCUT2D eigenvalue weighted by molar-refractivity contribution is 5.53. The van der Waals surface area contributed by atoms with Crippen LogP contribution in [0.4, 0.5) is 11.6 Å². The van der Waals surface area contributed by atoms with Gasteiger partial charge in [0.1, 0.15) is 17.5 Å². The predicted molar refractivity (Wildman–Crippen MR) is 108 cm³/mol. The highest BCUT2D eigenvalue weighted by atomic mass is 15.2. The molecule has 4 heteroatoms. The number of hydrogen-bond acceptors (Lipinski definition) is 4. The van der Waals surface area contributed by atoms with E-state index in [-0.39, 0.29) is 5.41 Å². The third kappa shape index (κ3) is 3.42. The molecule has 0 bridgehead atoms. The molecule has 2 heterocycles. The molecule has 1 aliphatic carbocycles. The molecule has 0 unspecified atom stereocenters. The van der Waals surface area contributed by atoms with E-state index in [4.69, 9.17) is 9.97 Å². The first-order valence-corrected chi connectivity index (χ1v) is 9.95. The SMILES string of the molecule is CC[C@H](C)Nc1cc(N2Cc3ccccc3C(C)(C)C2)nc(C2CC2)n1. The molecule has 1 aliphatic heterocycles. The molecule has 1 fully saturated rings. The molecule has 0 spiro atoms. The lowest BCUT2D eigenvalue weighted by molar-refractivity contribution is 0.474. The summed E-state index contributed by atoms with van der Waals surface area (Å²) in [6.07, 6.45) is 3.53. The van der Waals surface area contributed by atoms with Crippen molar-refractivity contribution < 1.29 is 0 Å². The van der Waals surface area contributed by atoms with Gasteiger partial charge in [0.05, 0.1) is 0 Å². The van der Waals surface area contributed by atoms with Gasteiger partial charge in [0.2, 0.25) is 0 Å². The molecule has 0 saturated heterocycles. The van der Waals surface area contributed by atoms with Gasteiger partial charge in [-0.1, -0.05) is 45.0 Å². The van der Waals surface area contributed by atoms with Crippen molar-refractivity contribution in [3.05, 3.63) is 47.3 Å². The third-order valence-electron chi connectivity index (χ3n) is 5.70. The van der Waals surface area contributed by atoms with Crippen LogP contribution >= 0.6 is 0 Å². The van der Waals surface area contributed by atoms with Crippen LogP contribution in [-0.2, 0) is 12.0 Å². The van der Waals surface area contributed by atoms with Crippen molar-refractivity contribution in [1.82, 2.24) is 9.97 Å². The number of fused-ring (bicyclic) bond motifs is 1. The summed E-state index contributed by atoms with van der Waals surface area (Å²) < 4.78 is 0. The lowest BCUT2D eigenvalue weighted by Gasteiger charge is -2.40. The van der Waals surface area contributed by atoms with Gasteiger partial charge in [0.25, 0.3) is 0 Å². The van der Waals surface area contributed by atoms with Gasteiger partial charge in [-0.2, -0.15) is 0 Å². The number of anilines is 2. The average Bonchev–Trinajstić information content (AvgIpc) is 3.46. The smallest absolute Gasteiger partial charge is 0.136 e. The van der Waals surface area contributed by atoms with Gasteiger partial charge in [-0.15, -0.1) is 0 Å². The second-order valence-corrected chi connectivity index (χ2v) is 8.59. The zero-order valence-electron chi connectivity index (χ0n) is 16.4. The van der Waals surface area contributed by atoms with Crippen molar-refractivity contribution in [1.29, 1.82) is 0 Å². The van der Waals surface area contributed by atoms with E-state index in [9.17, 15) is 0 Å². The van der Waals surface area contributed by atoms with E-state index in [1.165, 1.54) is 24.0 Å². The van der Waals surface area contributed by atoms with Crippen molar-refractivity contribution in [2.75, 3.05) is 16.8 Å². The summed E-state index contributed by atoms with van der Waals surface area (Å²) in [5, 5.41) is 3.56. The van der Waals surface area contributed by atoms with Crippen LogP contribution in [0.2, 0.25) is 0 Å². The van der Waals surface area contributed by atoms with E-state index in [0.717, 1.165) is 37.0 Å². The number of aromatic nitrogens is 2. The number of nitrogens with zero attached hydrogens (tertiary/aromatic N) is 3. The fourth-order valence-electron chi connectivity index (χ4n) is 3.87. The van der Waals surface area contributed by atoms with Crippen LogP contribution in [-0.4, -0.2) is 22.6 Å². The van der Waals surface area contributed by atoms with E-state index in [0.29, 0.717) is 12.0 Å². The summed E-state index contributed by atoms with van der Waals surface area (Å²) >= 11 is 0. The topological polar surface area (TPSA) is 41.0 Å². The maximum atomic E-state index is 4.97. The molecule has 1 N–H and O–H groups in total. The largest absolute Gasteiger partial charge is 0.367 e. The average molecular weight is 351 g/mol. The molecular formula is C22H30N4. The molecular weight excluding hydrogens is 320 g/mol. The van der Waals surface area contributed by atoms with Crippen LogP contribution in [0.3, 0.4) is 0 Å². The Labute approximate surface area is 157 Å². The quantitative estimate of drug-likeness (QED) is 0.836. The maximum absolute atomic E-state index is 4.97. The second-order valence-electron chi connectivity index (χ2n) is 8.59. The highest BCUT2D eigenvalue weighted by Gasteiger charge is 2.33.